The van der Waals surface area contributed by atoms with Crippen LogP contribution in [0, 0.1) is 0 Å². The summed E-state index contributed by atoms with van der Waals surface area (Å²) < 4.78 is 0. The van der Waals surface area contributed by atoms with Gasteiger partial charge in [-0.25, -0.2) is 4.98 Å². The van der Waals surface area contributed by atoms with E-state index in [4.69, 9.17) is 0 Å². The Hall–Kier alpha value is -1.16. The van der Waals surface area contributed by atoms with Gasteiger partial charge in [0.1, 0.15) is 12.4 Å². The standard InChI is InChI=1S/C8H13N3O/c1-6(2)3-4-7(12)8-9-5-10-11-8/h5,7,12H,1,3-4H2,2H3,(H,9,10,11). The predicted molar refractivity (Wildman–Crippen MR) is 45.4 cm³/mol. The van der Waals surface area contributed by atoms with Gasteiger partial charge in [0.25, 0.3) is 0 Å². The zero-order valence-corrected chi connectivity index (χ0v) is 7.12. The van der Waals surface area contributed by atoms with Crippen molar-refractivity contribution in [2.45, 2.75) is 25.9 Å². The van der Waals surface area contributed by atoms with Crippen molar-refractivity contribution in [1.82, 2.24) is 15.2 Å². The van der Waals surface area contributed by atoms with Crippen molar-refractivity contribution in [2.75, 3.05) is 0 Å². The number of allylic oxidation sites excluding steroid dienone is 1. The van der Waals surface area contributed by atoms with Crippen LogP contribution in [0.5, 0.6) is 0 Å². The molecule has 0 amide bonds. The van der Waals surface area contributed by atoms with Crippen molar-refractivity contribution in [3.05, 3.63) is 24.3 Å². The third-order valence-electron chi connectivity index (χ3n) is 1.59. The fourth-order valence-corrected chi connectivity index (χ4v) is 0.895. The van der Waals surface area contributed by atoms with Gasteiger partial charge < -0.3 is 5.11 Å². The average molecular weight is 167 g/mol. The van der Waals surface area contributed by atoms with E-state index in [1.54, 1.807) is 0 Å². The smallest absolute Gasteiger partial charge is 0.153 e. The summed E-state index contributed by atoms with van der Waals surface area (Å²) >= 11 is 0. The first-order valence-electron chi connectivity index (χ1n) is 3.88. The first-order chi connectivity index (χ1) is 5.70. The second-order valence-corrected chi connectivity index (χ2v) is 2.88. The molecule has 0 aliphatic rings. The highest BCUT2D eigenvalue weighted by atomic mass is 16.3. The quantitative estimate of drug-likeness (QED) is 0.662. The molecule has 2 N–H and O–H groups in total. The lowest BCUT2D eigenvalue weighted by atomic mass is 10.1. The van der Waals surface area contributed by atoms with Crippen molar-refractivity contribution in [3.63, 3.8) is 0 Å². The number of nitrogens with zero attached hydrogens (tertiary/aromatic N) is 2. The predicted octanol–water partition coefficient (Wildman–Crippen LogP) is 1.19. The number of aliphatic hydroxyl groups is 1. The Bertz CT molecular complexity index is 243. The van der Waals surface area contributed by atoms with Crippen molar-refractivity contribution in [3.8, 4) is 0 Å². The molecule has 0 bridgehead atoms. The zero-order chi connectivity index (χ0) is 8.97. The van der Waals surface area contributed by atoms with E-state index in [2.05, 4.69) is 21.8 Å². The van der Waals surface area contributed by atoms with Gasteiger partial charge in [0.15, 0.2) is 5.82 Å². The van der Waals surface area contributed by atoms with Gasteiger partial charge in [-0.2, -0.15) is 5.10 Å². The Morgan fingerprint density at radius 1 is 1.83 bits per heavy atom. The summed E-state index contributed by atoms with van der Waals surface area (Å²) in [6, 6.07) is 0. The lowest BCUT2D eigenvalue weighted by Crippen LogP contribution is -1.99. The zero-order valence-electron chi connectivity index (χ0n) is 7.12. The highest BCUT2D eigenvalue weighted by molar-refractivity contribution is 4.92. The molecule has 0 fully saturated rings. The fourth-order valence-electron chi connectivity index (χ4n) is 0.895. The van der Waals surface area contributed by atoms with E-state index in [9.17, 15) is 5.11 Å². The molecule has 0 aromatic carbocycles. The van der Waals surface area contributed by atoms with Crippen LogP contribution in [0.15, 0.2) is 18.5 Å². The molecule has 1 rings (SSSR count). The molecule has 12 heavy (non-hydrogen) atoms. The average Bonchev–Trinajstić information content (AvgIpc) is 2.51. The Kier molecular flexibility index (Phi) is 2.99. The molecule has 0 aliphatic carbocycles. The van der Waals surface area contributed by atoms with Gasteiger partial charge in [-0.1, -0.05) is 5.57 Å². The van der Waals surface area contributed by atoms with Crippen molar-refractivity contribution in [2.24, 2.45) is 0 Å². The van der Waals surface area contributed by atoms with Crippen LogP contribution in [0.4, 0.5) is 0 Å². The Balaban J connectivity index is 2.39. The van der Waals surface area contributed by atoms with Crippen LogP contribution in [-0.2, 0) is 0 Å². The van der Waals surface area contributed by atoms with Gasteiger partial charge in [0.2, 0.25) is 0 Å². The molecule has 0 saturated carbocycles. The van der Waals surface area contributed by atoms with Crippen LogP contribution in [0.3, 0.4) is 0 Å². The third kappa shape index (κ3) is 2.47. The van der Waals surface area contributed by atoms with Gasteiger partial charge in [-0.05, 0) is 19.8 Å². The minimum absolute atomic E-state index is 0.524. The number of hydrogen-bond donors (Lipinski definition) is 2. The van der Waals surface area contributed by atoms with Crippen LogP contribution >= 0.6 is 0 Å². The molecule has 1 heterocycles. The van der Waals surface area contributed by atoms with E-state index in [0.717, 1.165) is 12.0 Å². The number of nitrogens with one attached hydrogen (secondary N) is 1. The van der Waals surface area contributed by atoms with Gasteiger partial charge in [-0.3, -0.25) is 5.10 Å². The van der Waals surface area contributed by atoms with Crippen LogP contribution in [0.25, 0.3) is 0 Å². The van der Waals surface area contributed by atoms with Gasteiger partial charge in [-0.15, -0.1) is 6.58 Å². The third-order valence-corrected chi connectivity index (χ3v) is 1.59. The summed E-state index contributed by atoms with van der Waals surface area (Å²) in [6.07, 6.45) is 2.29. The molecule has 1 atom stereocenters. The van der Waals surface area contributed by atoms with E-state index < -0.39 is 6.10 Å². The molecule has 1 aromatic rings. The van der Waals surface area contributed by atoms with Gasteiger partial charge in [0.05, 0.1) is 0 Å². The SMILES string of the molecule is C=C(C)CCC(O)c1ncn[nH]1. The van der Waals surface area contributed by atoms with E-state index in [-0.39, 0.29) is 0 Å². The fraction of sp³-hybridized carbons (Fsp3) is 0.500. The number of aromatic nitrogens is 3. The topological polar surface area (TPSA) is 61.8 Å². The molecule has 66 valence electrons. The maximum absolute atomic E-state index is 9.48. The highest BCUT2D eigenvalue weighted by Crippen LogP contribution is 2.15. The summed E-state index contributed by atoms with van der Waals surface area (Å²) in [5.74, 6) is 0.524. The van der Waals surface area contributed by atoms with Gasteiger partial charge >= 0.3 is 0 Å². The summed E-state index contributed by atoms with van der Waals surface area (Å²) in [6.45, 7) is 5.69. The second kappa shape index (κ2) is 4.01. The second-order valence-electron chi connectivity index (χ2n) is 2.88. The van der Waals surface area contributed by atoms with E-state index in [1.807, 2.05) is 6.92 Å². The van der Waals surface area contributed by atoms with E-state index in [1.165, 1.54) is 6.33 Å². The summed E-state index contributed by atoms with van der Waals surface area (Å²) in [5.41, 5.74) is 1.06. The van der Waals surface area contributed by atoms with E-state index >= 15 is 0 Å². The summed E-state index contributed by atoms with van der Waals surface area (Å²) in [7, 11) is 0. The maximum Gasteiger partial charge on any atom is 0.153 e. The minimum Gasteiger partial charge on any atom is -0.385 e. The number of H-pyrrole nitrogens is 1. The number of aliphatic hydroxyl groups excluding tert-OH is 1. The number of rotatable bonds is 4. The first-order valence-corrected chi connectivity index (χ1v) is 3.88. The molecule has 4 heteroatoms. The molecular weight excluding hydrogens is 154 g/mol. The van der Waals surface area contributed by atoms with Crippen LogP contribution in [0.2, 0.25) is 0 Å². The Morgan fingerprint density at radius 3 is 3.08 bits per heavy atom. The minimum atomic E-state index is -0.552. The summed E-state index contributed by atoms with van der Waals surface area (Å²) in [5, 5.41) is 15.8. The lowest BCUT2D eigenvalue weighted by molar-refractivity contribution is 0.158. The van der Waals surface area contributed by atoms with Crippen molar-refractivity contribution in [1.29, 1.82) is 0 Å². The molecule has 4 nitrogen and oxygen atoms in total. The summed E-state index contributed by atoms with van der Waals surface area (Å²) in [4.78, 5) is 3.85. The first kappa shape index (κ1) is 8.93. The normalized spacial score (nSPS) is 12.8. The molecule has 0 spiro atoms. The maximum atomic E-state index is 9.48. The molecule has 0 aliphatic heterocycles. The number of aromatic amines is 1. The molecule has 1 unspecified atom stereocenters. The highest BCUT2D eigenvalue weighted by Gasteiger charge is 2.09. The lowest BCUT2D eigenvalue weighted by Gasteiger charge is -2.05. The molecule has 0 radical (unpaired) electrons. The van der Waals surface area contributed by atoms with Crippen LogP contribution in [-0.4, -0.2) is 20.3 Å². The largest absolute Gasteiger partial charge is 0.385 e. The van der Waals surface area contributed by atoms with Crippen LogP contribution in [0.1, 0.15) is 31.7 Å². The number of hydrogen-bond acceptors (Lipinski definition) is 3. The molecule has 0 saturated heterocycles. The van der Waals surface area contributed by atoms with E-state index in [0.29, 0.717) is 12.2 Å². The Morgan fingerprint density at radius 2 is 2.58 bits per heavy atom. The van der Waals surface area contributed by atoms with Crippen molar-refractivity contribution >= 4 is 0 Å². The van der Waals surface area contributed by atoms with Crippen molar-refractivity contribution < 1.29 is 5.11 Å². The Labute approximate surface area is 71.3 Å². The van der Waals surface area contributed by atoms with Gasteiger partial charge in [0, 0.05) is 0 Å². The van der Waals surface area contributed by atoms with Crippen LogP contribution < -0.4 is 0 Å². The monoisotopic (exact) mass is 167 g/mol. The molecular formula is C8H13N3O. The molecule has 1 aromatic heterocycles.